The second-order valence-corrected chi connectivity index (χ2v) is 13.6. The van der Waals surface area contributed by atoms with E-state index in [1.165, 1.54) is 50.1 Å². The predicted octanol–water partition coefficient (Wildman–Crippen LogP) is 12.9. The molecule has 0 saturated heterocycles. The predicted molar refractivity (Wildman–Crippen MR) is 210 cm³/mol. The van der Waals surface area contributed by atoms with Crippen molar-refractivity contribution in [2.24, 2.45) is 0 Å². The number of fused-ring (bicyclic) bond motifs is 6. The number of ether oxygens (including phenoxy) is 2. The van der Waals surface area contributed by atoms with Crippen molar-refractivity contribution >= 4 is 0 Å². The minimum atomic E-state index is -0.508. The molecule has 1 heterocycles. The van der Waals surface area contributed by atoms with Crippen molar-refractivity contribution in [3.8, 4) is 56.4 Å². The zero-order valence-electron chi connectivity index (χ0n) is 28.5. The van der Waals surface area contributed by atoms with E-state index in [4.69, 9.17) is 9.47 Å². The van der Waals surface area contributed by atoms with E-state index in [0.717, 1.165) is 34.6 Å². The fraction of sp³-hybridized carbons (Fsp3) is 0.0400. The lowest BCUT2D eigenvalue weighted by Gasteiger charge is -2.34. The van der Waals surface area contributed by atoms with E-state index in [1.807, 2.05) is 6.07 Å². The zero-order chi connectivity index (χ0) is 34.5. The molecule has 52 heavy (non-hydrogen) atoms. The van der Waals surface area contributed by atoms with Crippen LogP contribution in [0.25, 0.3) is 33.4 Å². The van der Waals surface area contributed by atoms with Gasteiger partial charge in [0, 0.05) is 5.56 Å². The van der Waals surface area contributed by atoms with Crippen molar-refractivity contribution in [3.63, 3.8) is 0 Å². The van der Waals surface area contributed by atoms with Crippen molar-refractivity contribution < 1.29 is 9.47 Å². The third kappa shape index (κ3) is 4.80. The quantitative estimate of drug-likeness (QED) is 0.176. The van der Waals surface area contributed by atoms with Gasteiger partial charge in [-0.3, -0.25) is 0 Å². The maximum absolute atomic E-state index is 7.00. The Labute approximate surface area is 304 Å². The van der Waals surface area contributed by atoms with E-state index in [0.29, 0.717) is 11.5 Å². The third-order valence-corrected chi connectivity index (χ3v) is 10.7. The lowest BCUT2D eigenvalue weighted by molar-refractivity contribution is 0.360. The highest BCUT2D eigenvalue weighted by molar-refractivity contribution is 5.92. The molecule has 8 aromatic rings. The Morgan fingerprint density at radius 1 is 0.385 bits per heavy atom. The number of benzene rings is 8. The Balaban J connectivity index is 1.07. The Bertz CT molecular complexity index is 2550. The van der Waals surface area contributed by atoms with Gasteiger partial charge in [-0.2, -0.15) is 0 Å². The highest BCUT2D eigenvalue weighted by atomic mass is 16.6. The molecule has 2 nitrogen and oxygen atoms in total. The molecule has 0 amide bonds. The fourth-order valence-electron chi connectivity index (χ4n) is 8.40. The molecule has 0 saturated carbocycles. The van der Waals surface area contributed by atoms with Gasteiger partial charge >= 0.3 is 0 Å². The number of hydrogen-bond donors (Lipinski definition) is 0. The Morgan fingerprint density at radius 2 is 1.02 bits per heavy atom. The molecule has 0 bridgehead atoms. The van der Waals surface area contributed by atoms with Gasteiger partial charge in [0.05, 0.1) is 5.41 Å². The average Bonchev–Trinajstić information content (AvgIpc) is 3.53. The summed E-state index contributed by atoms with van der Waals surface area (Å²) < 4.78 is 13.6. The van der Waals surface area contributed by atoms with Crippen molar-refractivity contribution in [1.82, 2.24) is 0 Å². The first kappa shape index (κ1) is 30.2. The zero-order valence-corrected chi connectivity index (χ0v) is 28.5. The first-order valence-corrected chi connectivity index (χ1v) is 17.9. The Kier molecular flexibility index (Phi) is 7.14. The van der Waals surface area contributed by atoms with Crippen molar-refractivity contribution in [3.05, 3.63) is 228 Å². The lowest BCUT2D eigenvalue weighted by Crippen LogP contribution is -2.28. The van der Waals surface area contributed by atoms with Crippen LogP contribution in [0.4, 0.5) is 0 Å². The van der Waals surface area contributed by atoms with Crippen LogP contribution in [0.5, 0.6) is 23.0 Å². The second kappa shape index (κ2) is 12.3. The first-order chi connectivity index (χ1) is 25.8. The van der Waals surface area contributed by atoms with Gasteiger partial charge in [-0.25, -0.2) is 0 Å². The number of rotatable bonds is 6. The molecule has 0 aromatic heterocycles. The highest BCUT2D eigenvalue weighted by Gasteiger charge is 2.48. The second-order valence-electron chi connectivity index (χ2n) is 13.6. The van der Waals surface area contributed by atoms with Gasteiger partial charge in [0.1, 0.15) is 0 Å². The molecular weight excluding hydrogens is 633 g/mol. The average molecular weight is 667 g/mol. The Hall–Kier alpha value is -6.64. The van der Waals surface area contributed by atoms with Crippen LogP contribution in [0.2, 0.25) is 0 Å². The Morgan fingerprint density at radius 3 is 1.79 bits per heavy atom. The molecule has 2 aliphatic rings. The molecule has 1 aliphatic carbocycles. The molecule has 0 fully saturated rings. The summed E-state index contributed by atoms with van der Waals surface area (Å²) in [5, 5.41) is 0. The van der Waals surface area contributed by atoms with E-state index >= 15 is 0 Å². The van der Waals surface area contributed by atoms with Gasteiger partial charge in [-0.1, -0.05) is 176 Å². The monoisotopic (exact) mass is 666 g/mol. The van der Waals surface area contributed by atoms with Gasteiger partial charge in [0.2, 0.25) is 0 Å². The van der Waals surface area contributed by atoms with Crippen LogP contribution in [0.15, 0.2) is 194 Å². The minimum absolute atomic E-state index is 0.508. The van der Waals surface area contributed by atoms with Crippen LogP contribution in [0.3, 0.4) is 0 Å². The molecule has 10 rings (SSSR count). The van der Waals surface area contributed by atoms with Crippen LogP contribution in [0, 0.1) is 0 Å². The molecule has 1 aliphatic heterocycles. The summed E-state index contributed by atoms with van der Waals surface area (Å²) in [4.78, 5) is 0. The molecule has 0 radical (unpaired) electrons. The molecule has 0 unspecified atom stereocenters. The van der Waals surface area contributed by atoms with Crippen LogP contribution >= 0.6 is 0 Å². The minimum Gasteiger partial charge on any atom is -0.449 e. The summed E-state index contributed by atoms with van der Waals surface area (Å²) in [5.41, 5.74) is 13.9. The van der Waals surface area contributed by atoms with E-state index < -0.39 is 5.41 Å². The summed E-state index contributed by atoms with van der Waals surface area (Å²) in [6.07, 6.45) is 0.819. The largest absolute Gasteiger partial charge is 0.449 e. The first-order valence-electron chi connectivity index (χ1n) is 17.9. The lowest BCUT2D eigenvalue weighted by atomic mass is 9.68. The number of hydrogen-bond acceptors (Lipinski definition) is 2. The van der Waals surface area contributed by atoms with Crippen LogP contribution < -0.4 is 9.47 Å². The summed E-state index contributed by atoms with van der Waals surface area (Å²) in [6.45, 7) is 0. The maximum Gasteiger partial charge on any atom is 0.178 e. The molecule has 0 atom stereocenters. The molecule has 8 aromatic carbocycles. The van der Waals surface area contributed by atoms with E-state index in [1.54, 1.807) is 0 Å². The van der Waals surface area contributed by atoms with Crippen molar-refractivity contribution in [2.75, 3.05) is 0 Å². The van der Waals surface area contributed by atoms with E-state index in [-0.39, 0.29) is 0 Å². The summed E-state index contributed by atoms with van der Waals surface area (Å²) >= 11 is 0. The normalized spacial score (nSPS) is 13.2. The van der Waals surface area contributed by atoms with E-state index in [9.17, 15) is 0 Å². The van der Waals surface area contributed by atoms with Crippen LogP contribution in [0.1, 0.15) is 33.4 Å². The smallest absolute Gasteiger partial charge is 0.178 e. The molecule has 246 valence electrons. The fourth-order valence-corrected chi connectivity index (χ4v) is 8.40. The van der Waals surface area contributed by atoms with Gasteiger partial charge < -0.3 is 9.47 Å². The van der Waals surface area contributed by atoms with Crippen LogP contribution in [-0.4, -0.2) is 0 Å². The topological polar surface area (TPSA) is 18.5 Å². The van der Waals surface area contributed by atoms with Crippen LogP contribution in [-0.2, 0) is 11.8 Å². The van der Waals surface area contributed by atoms with Crippen molar-refractivity contribution in [1.29, 1.82) is 0 Å². The molecule has 0 spiro atoms. The summed E-state index contributed by atoms with van der Waals surface area (Å²) in [7, 11) is 0. The molecule has 0 N–H and O–H groups in total. The highest BCUT2D eigenvalue weighted by Crippen LogP contribution is 2.62. The van der Waals surface area contributed by atoms with Crippen molar-refractivity contribution in [2.45, 2.75) is 11.8 Å². The van der Waals surface area contributed by atoms with Gasteiger partial charge in [0.15, 0.2) is 23.0 Å². The SMILES string of the molecule is c1ccc(-c2cccc(Cc3ccccc3-c3ccc4c(c3)Oc3c(ccc5c3-c3ccccc3C5(c3ccccc3)c3ccccc3)O4)c2)cc1. The maximum atomic E-state index is 7.00. The van der Waals surface area contributed by atoms with Gasteiger partial charge in [0.25, 0.3) is 0 Å². The summed E-state index contributed by atoms with van der Waals surface area (Å²) in [5.74, 6) is 2.92. The summed E-state index contributed by atoms with van der Waals surface area (Å²) in [6, 6.07) is 69.2. The third-order valence-electron chi connectivity index (χ3n) is 10.7. The van der Waals surface area contributed by atoms with Gasteiger partial charge in [-0.15, -0.1) is 0 Å². The standard InChI is InChI=1S/C50H34O2/c1-4-16-35(17-5-1)36-19-14-15-34(31-36)32-37-18-10-11-24-41(37)38-27-29-45-47(33-38)52-49-46(51-45)30-28-44-48(49)42-25-12-13-26-43(42)50(44,39-20-6-2-7-21-39)40-22-8-3-9-23-40/h1-31,33H,32H2. The molecule has 2 heteroatoms. The van der Waals surface area contributed by atoms with Gasteiger partial charge in [-0.05, 0) is 85.8 Å². The molecular formula is C50H34O2. The van der Waals surface area contributed by atoms with E-state index in [2.05, 4.69) is 188 Å².